The minimum absolute atomic E-state index is 0.156. The van der Waals surface area contributed by atoms with Crippen molar-refractivity contribution in [3.8, 4) is 0 Å². The third kappa shape index (κ3) is 3.24. The number of halogens is 1. The summed E-state index contributed by atoms with van der Waals surface area (Å²) >= 11 is 1.44. The minimum atomic E-state index is -3.92. The number of thiophene rings is 1. The van der Waals surface area contributed by atoms with Crippen LogP contribution >= 0.6 is 11.3 Å². The molecule has 1 atom stereocenters. The lowest BCUT2D eigenvalue weighted by Gasteiger charge is -2.14. The van der Waals surface area contributed by atoms with E-state index in [1.54, 1.807) is 6.92 Å². The number of rotatable bonds is 5. The molecular formula is C13H15FN2O2S2. The van der Waals surface area contributed by atoms with Gasteiger partial charge < -0.3 is 5.73 Å². The first-order chi connectivity index (χ1) is 9.44. The number of hydrogen-bond acceptors (Lipinski definition) is 4. The molecule has 0 amide bonds. The Hall–Kier alpha value is -1.28. The molecule has 1 aromatic heterocycles. The van der Waals surface area contributed by atoms with E-state index in [9.17, 15) is 12.8 Å². The average Bonchev–Trinajstić information content (AvgIpc) is 2.92. The SMILES string of the molecule is CC(NS(=O)(=O)c1cc(CN)ccc1F)c1cccs1. The molecule has 0 fully saturated rings. The lowest BCUT2D eigenvalue weighted by atomic mass is 10.2. The molecule has 2 rings (SSSR count). The highest BCUT2D eigenvalue weighted by molar-refractivity contribution is 7.89. The summed E-state index contributed by atoms with van der Waals surface area (Å²) in [5.74, 6) is -0.784. The molecule has 4 nitrogen and oxygen atoms in total. The first kappa shape index (κ1) is 15.1. The van der Waals surface area contributed by atoms with Crippen LogP contribution in [-0.4, -0.2) is 8.42 Å². The zero-order valence-corrected chi connectivity index (χ0v) is 12.5. The lowest BCUT2D eigenvalue weighted by Crippen LogP contribution is -2.27. The van der Waals surface area contributed by atoms with Crippen molar-refractivity contribution >= 4 is 21.4 Å². The molecule has 0 spiro atoms. The molecule has 0 aliphatic carbocycles. The summed E-state index contributed by atoms with van der Waals surface area (Å²) in [5, 5.41) is 1.86. The normalized spacial score (nSPS) is 13.3. The van der Waals surface area contributed by atoms with Gasteiger partial charge in [-0.15, -0.1) is 11.3 Å². The van der Waals surface area contributed by atoms with E-state index in [0.717, 1.165) is 10.9 Å². The Morgan fingerprint density at radius 2 is 2.15 bits per heavy atom. The molecule has 0 saturated heterocycles. The summed E-state index contributed by atoms with van der Waals surface area (Å²) < 4.78 is 40.7. The quantitative estimate of drug-likeness (QED) is 0.890. The number of sulfonamides is 1. The molecule has 0 bridgehead atoms. The molecule has 2 aromatic rings. The van der Waals surface area contributed by atoms with Crippen molar-refractivity contribution in [1.82, 2.24) is 4.72 Å². The van der Waals surface area contributed by atoms with Crippen molar-refractivity contribution in [2.75, 3.05) is 0 Å². The van der Waals surface area contributed by atoms with E-state index in [-0.39, 0.29) is 11.4 Å². The fourth-order valence-corrected chi connectivity index (χ4v) is 3.93. The number of benzene rings is 1. The van der Waals surface area contributed by atoms with Gasteiger partial charge in [0, 0.05) is 11.4 Å². The first-order valence-electron chi connectivity index (χ1n) is 5.98. The maximum Gasteiger partial charge on any atom is 0.244 e. The Labute approximate surface area is 121 Å². The average molecular weight is 314 g/mol. The third-order valence-corrected chi connectivity index (χ3v) is 5.43. The summed E-state index contributed by atoms with van der Waals surface area (Å²) in [6.07, 6.45) is 0. The second-order valence-corrected chi connectivity index (χ2v) is 6.99. The maximum absolute atomic E-state index is 13.7. The molecule has 0 aliphatic rings. The Bertz CT molecular complexity index is 684. The topological polar surface area (TPSA) is 72.2 Å². The molecule has 1 aromatic carbocycles. The van der Waals surface area contributed by atoms with Crippen LogP contribution in [0.25, 0.3) is 0 Å². The van der Waals surface area contributed by atoms with Gasteiger partial charge in [-0.05, 0) is 36.1 Å². The highest BCUT2D eigenvalue weighted by atomic mass is 32.2. The predicted molar refractivity (Wildman–Crippen MR) is 77.3 cm³/mol. The Balaban J connectivity index is 2.31. The highest BCUT2D eigenvalue weighted by Crippen LogP contribution is 2.22. The summed E-state index contributed by atoms with van der Waals surface area (Å²) in [5.41, 5.74) is 6.02. The molecule has 1 heterocycles. The molecule has 108 valence electrons. The second-order valence-electron chi connectivity index (χ2n) is 4.33. The molecule has 7 heteroatoms. The van der Waals surface area contributed by atoms with Crippen LogP contribution in [0.15, 0.2) is 40.6 Å². The molecule has 3 N–H and O–H groups in total. The molecule has 0 saturated carbocycles. The van der Waals surface area contributed by atoms with E-state index in [2.05, 4.69) is 4.72 Å². The van der Waals surface area contributed by atoms with Crippen molar-refractivity contribution in [1.29, 1.82) is 0 Å². The van der Waals surface area contributed by atoms with E-state index in [0.29, 0.717) is 5.56 Å². The molecule has 1 unspecified atom stereocenters. The molecular weight excluding hydrogens is 299 g/mol. The zero-order chi connectivity index (χ0) is 14.8. The number of nitrogens with two attached hydrogens (primary N) is 1. The van der Waals surface area contributed by atoms with Gasteiger partial charge in [0.15, 0.2) is 0 Å². The van der Waals surface area contributed by atoms with Gasteiger partial charge in [-0.2, -0.15) is 0 Å². The Kier molecular flexibility index (Phi) is 4.54. The second kappa shape index (κ2) is 6.01. The van der Waals surface area contributed by atoms with Gasteiger partial charge in [0.05, 0.1) is 6.04 Å². The lowest BCUT2D eigenvalue weighted by molar-refractivity contribution is 0.547. The summed E-state index contributed by atoms with van der Waals surface area (Å²) in [7, 11) is -3.92. The van der Waals surface area contributed by atoms with E-state index in [4.69, 9.17) is 5.73 Å². The van der Waals surface area contributed by atoms with E-state index in [1.165, 1.54) is 23.5 Å². The van der Waals surface area contributed by atoms with Crippen LogP contribution in [0.4, 0.5) is 4.39 Å². The van der Waals surface area contributed by atoms with Crippen molar-refractivity contribution in [2.24, 2.45) is 5.73 Å². The standard InChI is InChI=1S/C13H15FN2O2S2/c1-9(12-3-2-6-19-12)16-20(17,18)13-7-10(8-15)4-5-11(13)14/h2-7,9,16H,8,15H2,1H3. The van der Waals surface area contributed by atoms with Crippen LogP contribution < -0.4 is 10.5 Å². The van der Waals surface area contributed by atoms with Gasteiger partial charge in [-0.3, -0.25) is 0 Å². The van der Waals surface area contributed by atoms with Gasteiger partial charge in [-0.1, -0.05) is 12.1 Å². The largest absolute Gasteiger partial charge is 0.326 e. The van der Waals surface area contributed by atoms with Crippen LogP contribution in [0.3, 0.4) is 0 Å². The minimum Gasteiger partial charge on any atom is -0.326 e. The van der Waals surface area contributed by atoms with Crippen molar-refractivity contribution < 1.29 is 12.8 Å². The van der Waals surface area contributed by atoms with Crippen molar-refractivity contribution in [3.63, 3.8) is 0 Å². The van der Waals surface area contributed by atoms with Gasteiger partial charge >= 0.3 is 0 Å². The van der Waals surface area contributed by atoms with Crippen LogP contribution in [0.2, 0.25) is 0 Å². The Morgan fingerprint density at radius 1 is 1.40 bits per heavy atom. The van der Waals surface area contributed by atoms with Crippen LogP contribution in [0.5, 0.6) is 0 Å². The van der Waals surface area contributed by atoms with Crippen LogP contribution in [0.1, 0.15) is 23.4 Å². The predicted octanol–water partition coefficient (Wildman–Crippen LogP) is 2.39. The van der Waals surface area contributed by atoms with Crippen molar-refractivity contribution in [3.05, 3.63) is 52.0 Å². The smallest absolute Gasteiger partial charge is 0.244 e. The maximum atomic E-state index is 13.7. The van der Waals surface area contributed by atoms with Crippen LogP contribution in [-0.2, 0) is 16.6 Å². The molecule has 20 heavy (non-hydrogen) atoms. The molecule has 0 radical (unpaired) electrons. The number of nitrogens with one attached hydrogen (secondary N) is 1. The monoisotopic (exact) mass is 314 g/mol. The van der Waals surface area contributed by atoms with Gasteiger partial charge in [0.2, 0.25) is 10.0 Å². The van der Waals surface area contributed by atoms with E-state index in [1.807, 2.05) is 17.5 Å². The number of hydrogen-bond donors (Lipinski definition) is 2. The van der Waals surface area contributed by atoms with Crippen LogP contribution in [0, 0.1) is 5.82 Å². The fraction of sp³-hybridized carbons (Fsp3) is 0.231. The Morgan fingerprint density at radius 3 is 2.75 bits per heavy atom. The van der Waals surface area contributed by atoms with Gasteiger partial charge in [0.25, 0.3) is 0 Å². The van der Waals surface area contributed by atoms with E-state index >= 15 is 0 Å². The first-order valence-corrected chi connectivity index (χ1v) is 8.34. The summed E-state index contributed by atoms with van der Waals surface area (Å²) in [4.78, 5) is 0.493. The summed E-state index contributed by atoms with van der Waals surface area (Å²) in [6.45, 7) is 1.87. The van der Waals surface area contributed by atoms with E-state index < -0.39 is 21.9 Å². The van der Waals surface area contributed by atoms with Gasteiger partial charge in [-0.25, -0.2) is 17.5 Å². The summed E-state index contributed by atoms with van der Waals surface area (Å²) in [6, 6.07) is 7.09. The fourth-order valence-electron chi connectivity index (χ4n) is 1.77. The third-order valence-electron chi connectivity index (χ3n) is 2.82. The zero-order valence-electron chi connectivity index (χ0n) is 10.8. The highest BCUT2D eigenvalue weighted by Gasteiger charge is 2.22. The van der Waals surface area contributed by atoms with Gasteiger partial charge in [0.1, 0.15) is 10.7 Å². The molecule has 0 aliphatic heterocycles. The van der Waals surface area contributed by atoms with Crippen molar-refractivity contribution in [2.45, 2.75) is 24.4 Å².